The first kappa shape index (κ1) is 16.5. The van der Waals surface area contributed by atoms with Crippen molar-refractivity contribution in [1.82, 2.24) is 0 Å². The monoisotopic (exact) mass is 270 g/mol. The lowest BCUT2D eigenvalue weighted by Crippen LogP contribution is -2.47. The molecule has 0 unspecified atom stereocenters. The summed E-state index contributed by atoms with van der Waals surface area (Å²) < 4.78 is 5.60. The van der Waals surface area contributed by atoms with Gasteiger partial charge in [0.05, 0.1) is 11.0 Å². The molecule has 0 atom stereocenters. The van der Waals surface area contributed by atoms with E-state index >= 15 is 0 Å². The normalized spacial score (nSPS) is 29.1. The number of hydrogen-bond acceptors (Lipinski definition) is 3. The minimum Gasteiger partial charge on any atom is -0.462 e. The molecule has 0 spiro atoms. The van der Waals surface area contributed by atoms with Crippen molar-refractivity contribution in [3.63, 3.8) is 0 Å². The molecule has 0 radical (unpaired) electrons. The summed E-state index contributed by atoms with van der Waals surface area (Å²) in [7, 11) is 0. The molecule has 0 amide bonds. The predicted octanol–water partition coefficient (Wildman–Crippen LogP) is 3.69. The lowest BCUT2D eigenvalue weighted by molar-refractivity contribution is -0.167. The van der Waals surface area contributed by atoms with E-state index in [0.717, 1.165) is 19.3 Å². The van der Waals surface area contributed by atoms with Crippen molar-refractivity contribution >= 4 is 5.97 Å². The van der Waals surface area contributed by atoms with Gasteiger partial charge in [-0.3, -0.25) is 4.79 Å². The van der Waals surface area contributed by atoms with Crippen LogP contribution in [0.2, 0.25) is 0 Å². The molecule has 0 saturated heterocycles. The highest BCUT2D eigenvalue weighted by molar-refractivity contribution is 5.76. The Morgan fingerprint density at radius 1 is 1.21 bits per heavy atom. The lowest BCUT2D eigenvalue weighted by Gasteiger charge is -2.45. The Kier molecular flexibility index (Phi) is 4.71. The molecule has 3 heteroatoms. The quantitative estimate of drug-likeness (QED) is 0.796. The van der Waals surface area contributed by atoms with Gasteiger partial charge in [0, 0.05) is 0 Å². The highest BCUT2D eigenvalue weighted by Crippen LogP contribution is 2.42. The van der Waals surface area contributed by atoms with Crippen LogP contribution in [0.5, 0.6) is 0 Å². The van der Waals surface area contributed by atoms with E-state index in [1.807, 2.05) is 20.8 Å². The topological polar surface area (TPSA) is 46.5 Å². The molecular weight excluding hydrogens is 240 g/mol. The van der Waals surface area contributed by atoms with Gasteiger partial charge in [0.2, 0.25) is 0 Å². The summed E-state index contributed by atoms with van der Waals surface area (Å²) >= 11 is 0. The fourth-order valence-electron chi connectivity index (χ4n) is 2.39. The maximum absolute atomic E-state index is 12.0. The third kappa shape index (κ3) is 3.71. The first-order valence-electron chi connectivity index (χ1n) is 7.45. The van der Waals surface area contributed by atoms with Gasteiger partial charge in [-0.15, -0.1) is 0 Å². The van der Waals surface area contributed by atoms with Crippen LogP contribution in [-0.4, -0.2) is 22.8 Å². The van der Waals surface area contributed by atoms with Crippen molar-refractivity contribution in [3.05, 3.63) is 0 Å². The first-order chi connectivity index (χ1) is 8.52. The Hall–Kier alpha value is -0.570. The molecule has 1 rings (SSSR count). The standard InChI is InChI=1S/C16H30O3/c1-7-15(5,6)13(17)19-12-8-10-16(18,11-9-12)14(2,3)4/h12,18H,7-11H2,1-6H3. The lowest BCUT2D eigenvalue weighted by atomic mass is 9.68. The summed E-state index contributed by atoms with van der Waals surface area (Å²) in [6.07, 6.45) is 3.70. The van der Waals surface area contributed by atoms with E-state index in [-0.39, 0.29) is 17.5 Å². The van der Waals surface area contributed by atoms with Crippen LogP contribution in [0.1, 0.15) is 73.6 Å². The van der Waals surface area contributed by atoms with Gasteiger partial charge >= 0.3 is 5.97 Å². The second-order valence-corrected chi connectivity index (χ2v) is 7.62. The molecule has 112 valence electrons. The molecule has 1 saturated carbocycles. The van der Waals surface area contributed by atoms with E-state index in [2.05, 4.69) is 20.8 Å². The molecule has 1 aliphatic rings. The van der Waals surface area contributed by atoms with E-state index in [0.29, 0.717) is 12.8 Å². The molecule has 0 aromatic rings. The van der Waals surface area contributed by atoms with Crippen LogP contribution < -0.4 is 0 Å². The number of hydrogen-bond donors (Lipinski definition) is 1. The summed E-state index contributed by atoms with van der Waals surface area (Å²) in [6, 6.07) is 0. The van der Waals surface area contributed by atoms with Gasteiger partial charge in [-0.1, -0.05) is 27.7 Å². The van der Waals surface area contributed by atoms with Gasteiger partial charge in [-0.25, -0.2) is 0 Å². The number of carbonyl (C=O) groups excluding carboxylic acids is 1. The molecule has 0 aromatic carbocycles. The molecule has 1 fully saturated rings. The summed E-state index contributed by atoms with van der Waals surface area (Å²) in [6.45, 7) is 12.0. The maximum Gasteiger partial charge on any atom is 0.311 e. The molecule has 0 heterocycles. The summed E-state index contributed by atoms with van der Waals surface area (Å²) in [5.41, 5.74) is -1.15. The third-order valence-electron chi connectivity index (χ3n) is 4.87. The van der Waals surface area contributed by atoms with Crippen molar-refractivity contribution < 1.29 is 14.6 Å². The average Bonchev–Trinajstić information content (AvgIpc) is 2.30. The van der Waals surface area contributed by atoms with Crippen molar-refractivity contribution in [2.45, 2.75) is 85.4 Å². The fourth-order valence-corrected chi connectivity index (χ4v) is 2.39. The van der Waals surface area contributed by atoms with E-state index in [1.165, 1.54) is 0 Å². The molecule has 1 aliphatic carbocycles. The highest BCUT2D eigenvalue weighted by atomic mass is 16.5. The van der Waals surface area contributed by atoms with Gasteiger partial charge in [0.1, 0.15) is 6.10 Å². The van der Waals surface area contributed by atoms with Crippen molar-refractivity contribution in [2.75, 3.05) is 0 Å². The minimum absolute atomic E-state index is 0.0269. The van der Waals surface area contributed by atoms with Crippen LogP contribution in [0.15, 0.2) is 0 Å². The number of esters is 1. The third-order valence-corrected chi connectivity index (χ3v) is 4.87. The Balaban J connectivity index is 2.54. The maximum atomic E-state index is 12.0. The predicted molar refractivity (Wildman–Crippen MR) is 76.8 cm³/mol. The van der Waals surface area contributed by atoms with Crippen molar-refractivity contribution in [3.8, 4) is 0 Å². The highest BCUT2D eigenvalue weighted by Gasteiger charge is 2.44. The van der Waals surface area contributed by atoms with Crippen LogP contribution in [-0.2, 0) is 9.53 Å². The van der Waals surface area contributed by atoms with Crippen LogP contribution in [0.25, 0.3) is 0 Å². The van der Waals surface area contributed by atoms with Gasteiger partial charge in [0.15, 0.2) is 0 Å². The molecule has 19 heavy (non-hydrogen) atoms. The molecule has 1 N–H and O–H groups in total. The smallest absolute Gasteiger partial charge is 0.311 e. The van der Waals surface area contributed by atoms with Crippen LogP contribution in [0.4, 0.5) is 0 Å². The van der Waals surface area contributed by atoms with E-state index in [1.54, 1.807) is 0 Å². The molecule has 0 aromatic heterocycles. The Morgan fingerprint density at radius 3 is 2.05 bits per heavy atom. The molecule has 3 nitrogen and oxygen atoms in total. The Morgan fingerprint density at radius 2 is 1.68 bits per heavy atom. The largest absolute Gasteiger partial charge is 0.462 e. The van der Waals surface area contributed by atoms with Gasteiger partial charge < -0.3 is 9.84 Å². The number of carbonyl (C=O) groups is 1. The molecule has 0 bridgehead atoms. The second kappa shape index (κ2) is 5.43. The van der Waals surface area contributed by atoms with E-state index in [4.69, 9.17) is 4.74 Å². The van der Waals surface area contributed by atoms with Crippen molar-refractivity contribution in [2.24, 2.45) is 10.8 Å². The van der Waals surface area contributed by atoms with Crippen LogP contribution in [0, 0.1) is 10.8 Å². The average molecular weight is 270 g/mol. The fraction of sp³-hybridized carbons (Fsp3) is 0.938. The minimum atomic E-state index is -0.629. The summed E-state index contributed by atoms with van der Waals surface area (Å²) in [4.78, 5) is 12.0. The molecule has 0 aliphatic heterocycles. The Labute approximate surface area is 117 Å². The number of aliphatic hydroxyl groups is 1. The number of ether oxygens (including phenoxy) is 1. The molecular formula is C16H30O3. The second-order valence-electron chi connectivity index (χ2n) is 7.62. The van der Waals surface area contributed by atoms with Gasteiger partial charge in [0.25, 0.3) is 0 Å². The van der Waals surface area contributed by atoms with Gasteiger partial charge in [-0.05, 0) is 51.4 Å². The zero-order valence-corrected chi connectivity index (χ0v) is 13.4. The summed E-state index contributed by atoms with van der Waals surface area (Å²) in [5.74, 6) is -0.110. The zero-order chi connectivity index (χ0) is 14.9. The van der Waals surface area contributed by atoms with E-state index in [9.17, 15) is 9.90 Å². The van der Waals surface area contributed by atoms with Crippen molar-refractivity contribution in [1.29, 1.82) is 0 Å². The van der Waals surface area contributed by atoms with Crippen LogP contribution in [0.3, 0.4) is 0 Å². The van der Waals surface area contributed by atoms with Gasteiger partial charge in [-0.2, -0.15) is 0 Å². The van der Waals surface area contributed by atoms with E-state index < -0.39 is 11.0 Å². The SMILES string of the molecule is CCC(C)(C)C(=O)OC1CCC(O)(C(C)(C)C)CC1. The zero-order valence-electron chi connectivity index (χ0n) is 13.4. The number of rotatable bonds is 3. The Bertz CT molecular complexity index is 317. The van der Waals surface area contributed by atoms with Crippen LogP contribution >= 0.6 is 0 Å². The first-order valence-corrected chi connectivity index (χ1v) is 7.45. The summed E-state index contributed by atoms with van der Waals surface area (Å²) in [5, 5.41) is 10.6.